The summed E-state index contributed by atoms with van der Waals surface area (Å²) in [6.07, 6.45) is 7.06. The van der Waals surface area contributed by atoms with Crippen LogP contribution in [0.15, 0.2) is 11.6 Å². The van der Waals surface area contributed by atoms with Crippen LogP contribution in [0.25, 0.3) is 0 Å². The molecule has 0 aromatic heterocycles. The molecule has 0 N–H and O–H groups in total. The van der Waals surface area contributed by atoms with Crippen LogP contribution in [-0.4, -0.2) is 16.8 Å². The van der Waals surface area contributed by atoms with Crippen molar-refractivity contribution < 1.29 is 4.79 Å². The van der Waals surface area contributed by atoms with Crippen molar-refractivity contribution in [2.24, 2.45) is 11.8 Å². The van der Waals surface area contributed by atoms with Gasteiger partial charge in [-0.05, 0) is 18.9 Å². The van der Waals surface area contributed by atoms with Gasteiger partial charge in [-0.2, -0.15) is 11.8 Å². The molecule has 0 aromatic carbocycles. The van der Waals surface area contributed by atoms with Crippen LogP contribution in [0, 0.1) is 11.8 Å². The maximum absolute atomic E-state index is 11.7. The summed E-state index contributed by atoms with van der Waals surface area (Å²) in [5, 5.41) is 0.783. The Morgan fingerprint density at radius 3 is 3.08 bits per heavy atom. The zero-order chi connectivity index (χ0) is 8.84. The van der Waals surface area contributed by atoms with Gasteiger partial charge in [0.1, 0.15) is 0 Å². The number of carbonyl (C=O) groups excluding carboxylic acids is 1. The molecule has 0 unspecified atom stereocenters. The highest BCUT2D eigenvalue weighted by Gasteiger charge is 2.45. The molecule has 0 spiro atoms. The predicted molar refractivity (Wildman–Crippen MR) is 54.8 cm³/mol. The molecule has 1 saturated carbocycles. The summed E-state index contributed by atoms with van der Waals surface area (Å²) in [5.41, 5.74) is 1.46. The van der Waals surface area contributed by atoms with Crippen molar-refractivity contribution in [3.05, 3.63) is 11.6 Å². The molecule has 0 radical (unpaired) electrons. The molecule has 3 rings (SSSR count). The maximum Gasteiger partial charge on any atom is 0.159 e. The summed E-state index contributed by atoms with van der Waals surface area (Å²) in [7, 11) is 0. The van der Waals surface area contributed by atoms with Gasteiger partial charge in [-0.15, -0.1) is 0 Å². The average Bonchev–Trinajstić information content (AvgIpc) is 2.55. The van der Waals surface area contributed by atoms with Crippen molar-refractivity contribution in [1.29, 1.82) is 0 Å². The van der Waals surface area contributed by atoms with Gasteiger partial charge in [0.2, 0.25) is 0 Å². The quantitative estimate of drug-likeness (QED) is 0.589. The number of allylic oxidation sites excluding steroid dienone is 1. The highest BCUT2D eigenvalue weighted by Crippen LogP contribution is 2.50. The van der Waals surface area contributed by atoms with Crippen LogP contribution >= 0.6 is 11.8 Å². The molecular formula is C11H14OS. The maximum atomic E-state index is 11.7. The van der Waals surface area contributed by atoms with E-state index in [0.717, 1.165) is 17.4 Å². The van der Waals surface area contributed by atoms with Crippen molar-refractivity contribution in [3.8, 4) is 0 Å². The molecule has 13 heavy (non-hydrogen) atoms. The Balaban J connectivity index is 1.98. The minimum absolute atomic E-state index is 0.387. The number of hydrogen-bond acceptors (Lipinski definition) is 2. The number of thioether (sulfide) groups is 1. The lowest BCUT2D eigenvalue weighted by molar-refractivity contribution is -0.118. The van der Waals surface area contributed by atoms with E-state index in [-0.39, 0.29) is 0 Å². The van der Waals surface area contributed by atoms with E-state index >= 15 is 0 Å². The van der Waals surface area contributed by atoms with Crippen LogP contribution in [-0.2, 0) is 4.79 Å². The Hall–Kier alpha value is -0.240. The fraction of sp³-hybridized carbons (Fsp3) is 0.727. The largest absolute Gasteiger partial charge is 0.295 e. The average molecular weight is 194 g/mol. The van der Waals surface area contributed by atoms with Gasteiger partial charge >= 0.3 is 0 Å². The van der Waals surface area contributed by atoms with E-state index in [9.17, 15) is 4.79 Å². The molecule has 0 bridgehead atoms. The number of hydrogen-bond donors (Lipinski definition) is 0. The first-order valence-corrected chi connectivity index (χ1v) is 6.27. The Labute approximate surface area is 83.0 Å². The van der Waals surface area contributed by atoms with E-state index in [2.05, 4.69) is 11.8 Å². The first kappa shape index (κ1) is 8.10. The number of carbonyl (C=O) groups is 1. The molecule has 3 aliphatic rings. The lowest BCUT2D eigenvalue weighted by Crippen LogP contribution is -2.21. The van der Waals surface area contributed by atoms with E-state index < -0.39 is 0 Å². The normalized spacial score (nSPS) is 42.9. The first-order chi connectivity index (χ1) is 6.36. The molecule has 2 fully saturated rings. The molecule has 0 amide bonds. The Kier molecular flexibility index (Phi) is 1.79. The molecule has 1 saturated heterocycles. The Morgan fingerprint density at radius 1 is 1.31 bits per heavy atom. The second-order valence-electron chi connectivity index (χ2n) is 4.39. The van der Waals surface area contributed by atoms with Crippen LogP contribution in [0.1, 0.15) is 25.7 Å². The van der Waals surface area contributed by atoms with Crippen molar-refractivity contribution in [2.75, 3.05) is 5.75 Å². The van der Waals surface area contributed by atoms with Crippen molar-refractivity contribution >= 4 is 17.5 Å². The number of ketones is 1. The highest BCUT2D eigenvalue weighted by molar-refractivity contribution is 8.00. The van der Waals surface area contributed by atoms with E-state index in [1.807, 2.05) is 6.08 Å². The van der Waals surface area contributed by atoms with Gasteiger partial charge < -0.3 is 0 Å². The van der Waals surface area contributed by atoms with Crippen molar-refractivity contribution in [3.63, 3.8) is 0 Å². The van der Waals surface area contributed by atoms with Gasteiger partial charge in [0.25, 0.3) is 0 Å². The molecule has 70 valence electrons. The Bertz CT molecular complexity index is 282. The van der Waals surface area contributed by atoms with Crippen LogP contribution in [0.2, 0.25) is 0 Å². The van der Waals surface area contributed by atoms with Gasteiger partial charge in [0.05, 0.1) is 0 Å². The lowest BCUT2D eigenvalue weighted by atomic mass is 9.87. The van der Waals surface area contributed by atoms with Crippen LogP contribution in [0.4, 0.5) is 0 Å². The van der Waals surface area contributed by atoms with E-state index in [1.54, 1.807) is 0 Å². The monoisotopic (exact) mass is 194 g/mol. The fourth-order valence-corrected chi connectivity index (χ4v) is 4.65. The molecule has 0 aromatic rings. The minimum atomic E-state index is 0.387. The van der Waals surface area contributed by atoms with Crippen LogP contribution in [0.3, 0.4) is 0 Å². The second kappa shape index (κ2) is 2.88. The smallest absolute Gasteiger partial charge is 0.159 e. The molecular weight excluding hydrogens is 180 g/mol. The van der Waals surface area contributed by atoms with Gasteiger partial charge in [-0.25, -0.2) is 0 Å². The van der Waals surface area contributed by atoms with Gasteiger partial charge in [0, 0.05) is 22.8 Å². The van der Waals surface area contributed by atoms with E-state index in [1.165, 1.54) is 24.8 Å². The zero-order valence-electron chi connectivity index (χ0n) is 7.66. The summed E-state index contributed by atoms with van der Waals surface area (Å²) in [5.74, 6) is 2.61. The third kappa shape index (κ3) is 1.11. The second-order valence-corrected chi connectivity index (χ2v) is 5.62. The summed E-state index contributed by atoms with van der Waals surface area (Å²) in [4.78, 5) is 11.7. The van der Waals surface area contributed by atoms with Gasteiger partial charge in [-0.1, -0.05) is 18.4 Å². The fourth-order valence-electron chi connectivity index (χ4n) is 3.06. The zero-order valence-corrected chi connectivity index (χ0v) is 8.48. The lowest BCUT2D eigenvalue weighted by Gasteiger charge is -2.18. The SMILES string of the molecule is O=C1C=C2CS[C@@H]3CCCC[C@@H]1[C@@H]23. The third-order valence-electron chi connectivity index (χ3n) is 3.67. The number of rotatable bonds is 0. The van der Waals surface area contributed by atoms with Crippen molar-refractivity contribution in [2.45, 2.75) is 30.9 Å². The highest BCUT2D eigenvalue weighted by atomic mass is 32.2. The first-order valence-electron chi connectivity index (χ1n) is 5.22. The topological polar surface area (TPSA) is 17.1 Å². The van der Waals surface area contributed by atoms with Crippen molar-refractivity contribution in [1.82, 2.24) is 0 Å². The van der Waals surface area contributed by atoms with Crippen LogP contribution in [0.5, 0.6) is 0 Å². The molecule has 1 nitrogen and oxygen atoms in total. The summed E-state index contributed by atoms with van der Waals surface area (Å²) >= 11 is 2.08. The molecule has 2 heteroatoms. The van der Waals surface area contributed by atoms with E-state index in [4.69, 9.17) is 0 Å². The Morgan fingerprint density at radius 2 is 2.15 bits per heavy atom. The molecule has 1 aliphatic heterocycles. The standard InChI is InChI=1S/C11H14OS/c12-9-5-7-6-13-10-4-2-1-3-8(9)11(7)10/h5,8,10-11H,1-4,6H2/t8-,10+,11+/m0/s1. The van der Waals surface area contributed by atoms with Gasteiger partial charge in [0.15, 0.2) is 5.78 Å². The van der Waals surface area contributed by atoms with Crippen LogP contribution < -0.4 is 0 Å². The predicted octanol–water partition coefficient (Wildman–Crippen LogP) is 2.42. The molecule has 1 heterocycles. The molecule has 3 atom stereocenters. The summed E-state index contributed by atoms with van der Waals surface area (Å²) in [6.45, 7) is 0. The third-order valence-corrected chi connectivity index (χ3v) is 5.13. The minimum Gasteiger partial charge on any atom is -0.295 e. The van der Waals surface area contributed by atoms with Gasteiger partial charge in [-0.3, -0.25) is 4.79 Å². The van der Waals surface area contributed by atoms with E-state index in [0.29, 0.717) is 17.6 Å². The molecule has 2 aliphatic carbocycles. The summed E-state index contributed by atoms with van der Waals surface area (Å²) in [6, 6.07) is 0. The summed E-state index contributed by atoms with van der Waals surface area (Å²) < 4.78 is 0.